The first-order chi connectivity index (χ1) is 13.1. The first kappa shape index (κ1) is 18.4. The van der Waals surface area contributed by atoms with E-state index in [0.717, 1.165) is 11.3 Å². The lowest BCUT2D eigenvalue weighted by atomic mass is 10.1. The summed E-state index contributed by atoms with van der Waals surface area (Å²) in [5.74, 6) is -0.744. The highest BCUT2D eigenvalue weighted by molar-refractivity contribution is 5.89. The van der Waals surface area contributed by atoms with E-state index in [1.807, 2.05) is 6.07 Å². The van der Waals surface area contributed by atoms with Gasteiger partial charge in [0.05, 0.1) is 31.5 Å². The van der Waals surface area contributed by atoms with Gasteiger partial charge in [-0.1, -0.05) is 18.2 Å². The van der Waals surface area contributed by atoms with Crippen molar-refractivity contribution in [1.82, 2.24) is 15.2 Å². The van der Waals surface area contributed by atoms with Crippen molar-refractivity contribution < 1.29 is 23.9 Å². The third-order valence-electron chi connectivity index (χ3n) is 4.18. The van der Waals surface area contributed by atoms with Crippen LogP contribution < -0.4 is 5.32 Å². The van der Waals surface area contributed by atoms with E-state index < -0.39 is 18.1 Å². The number of rotatable bonds is 6. The second-order valence-electron chi connectivity index (χ2n) is 5.95. The van der Waals surface area contributed by atoms with Crippen LogP contribution in [0.25, 0.3) is 0 Å². The van der Waals surface area contributed by atoms with E-state index >= 15 is 0 Å². The van der Waals surface area contributed by atoms with Gasteiger partial charge >= 0.3 is 12.1 Å². The summed E-state index contributed by atoms with van der Waals surface area (Å²) in [7, 11) is 1.31. The summed E-state index contributed by atoms with van der Waals surface area (Å²) >= 11 is 0. The molecule has 2 heterocycles. The Morgan fingerprint density at radius 1 is 1.26 bits per heavy atom. The van der Waals surface area contributed by atoms with Crippen LogP contribution in [0.1, 0.15) is 21.6 Å². The summed E-state index contributed by atoms with van der Waals surface area (Å²) in [5.41, 5.74) is 1.90. The molecule has 0 unspecified atom stereocenters. The lowest BCUT2D eigenvalue weighted by Gasteiger charge is -2.21. The zero-order valence-electron chi connectivity index (χ0n) is 14.8. The lowest BCUT2D eigenvalue weighted by Crippen LogP contribution is -2.45. The number of carbonyl (C=O) groups excluding carboxylic acids is 3. The molecular weight excluding hydrogens is 350 g/mol. The topological polar surface area (TPSA) is 97.8 Å². The fourth-order valence-corrected chi connectivity index (χ4v) is 2.70. The van der Waals surface area contributed by atoms with Crippen LogP contribution in [0, 0.1) is 0 Å². The van der Waals surface area contributed by atoms with E-state index in [0.29, 0.717) is 5.56 Å². The van der Waals surface area contributed by atoms with Crippen molar-refractivity contribution in [2.75, 3.05) is 13.7 Å². The number of esters is 1. The lowest BCUT2D eigenvalue weighted by molar-refractivity contribution is -0.125. The van der Waals surface area contributed by atoms with Crippen LogP contribution in [-0.2, 0) is 27.4 Å². The van der Waals surface area contributed by atoms with E-state index in [-0.39, 0.29) is 25.6 Å². The molecule has 140 valence electrons. The van der Waals surface area contributed by atoms with Gasteiger partial charge in [-0.3, -0.25) is 14.7 Å². The van der Waals surface area contributed by atoms with Gasteiger partial charge < -0.3 is 14.8 Å². The van der Waals surface area contributed by atoms with Gasteiger partial charge in [0.25, 0.3) is 0 Å². The van der Waals surface area contributed by atoms with Gasteiger partial charge in [0, 0.05) is 6.20 Å². The molecule has 8 heteroatoms. The number of ether oxygens (including phenoxy) is 2. The minimum absolute atomic E-state index is 0.00682. The van der Waals surface area contributed by atoms with Crippen molar-refractivity contribution in [3.63, 3.8) is 0 Å². The molecule has 1 fully saturated rings. The highest BCUT2D eigenvalue weighted by Gasteiger charge is 2.37. The summed E-state index contributed by atoms with van der Waals surface area (Å²) in [6.07, 6.45) is 1.10. The van der Waals surface area contributed by atoms with E-state index in [9.17, 15) is 14.4 Å². The number of pyridine rings is 1. The van der Waals surface area contributed by atoms with Gasteiger partial charge in [-0.05, 0) is 29.8 Å². The fraction of sp³-hybridized carbons (Fsp3) is 0.263. The molecule has 1 aromatic heterocycles. The van der Waals surface area contributed by atoms with Crippen molar-refractivity contribution in [2.45, 2.75) is 19.1 Å². The van der Waals surface area contributed by atoms with E-state index in [4.69, 9.17) is 4.74 Å². The Hall–Kier alpha value is -3.42. The molecule has 0 aliphatic carbocycles. The summed E-state index contributed by atoms with van der Waals surface area (Å²) < 4.78 is 9.70. The minimum atomic E-state index is -0.721. The Morgan fingerprint density at radius 3 is 2.70 bits per heavy atom. The number of nitrogens with zero attached hydrogens (tertiary/aromatic N) is 2. The average Bonchev–Trinajstić information content (AvgIpc) is 3.07. The van der Waals surface area contributed by atoms with Crippen LogP contribution in [0.5, 0.6) is 0 Å². The van der Waals surface area contributed by atoms with Crippen LogP contribution in [0.2, 0.25) is 0 Å². The predicted octanol–water partition coefficient (Wildman–Crippen LogP) is 1.51. The quantitative estimate of drug-likeness (QED) is 0.775. The summed E-state index contributed by atoms with van der Waals surface area (Å²) in [4.78, 5) is 41.5. The molecule has 0 bridgehead atoms. The molecule has 2 amide bonds. The first-order valence-corrected chi connectivity index (χ1v) is 8.37. The smallest absolute Gasteiger partial charge is 0.410 e. The molecule has 2 aromatic rings. The van der Waals surface area contributed by atoms with Crippen LogP contribution in [0.3, 0.4) is 0 Å². The maximum Gasteiger partial charge on any atom is 0.410 e. The van der Waals surface area contributed by atoms with Crippen LogP contribution in [0.4, 0.5) is 4.79 Å². The summed E-state index contributed by atoms with van der Waals surface area (Å²) in [5, 5.41) is 2.77. The highest BCUT2D eigenvalue weighted by atomic mass is 16.6. The minimum Gasteiger partial charge on any atom is -0.465 e. The maximum atomic E-state index is 12.5. The Labute approximate surface area is 156 Å². The third-order valence-corrected chi connectivity index (χ3v) is 4.18. The largest absolute Gasteiger partial charge is 0.465 e. The monoisotopic (exact) mass is 369 g/mol. The van der Waals surface area contributed by atoms with Crippen molar-refractivity contribution >= 4 is 18.0 Å². The van der Waals surface area contributed by atoms with Crippen LogP contribution in [0.15, 0.2) is 48.7 Å². The van der Waals surface area contributed by atoms with E-state index in [2.05, 4.69) is 15.0 Å². The number of benzene rings is 1. The van der Waals surface area contributed by atoms with Gasteiger partial charge in [-0.2, -0.15) is 0 Å². The molecule has 0 spiro atoms. The highest BCUT2D eigenvalue weighted by Crippen LogP contribution is 2.17. The third kappa shape index (κ3) is 4.41. The molecule has 0 radical (unpaired) electrons. The molecule has 1 atom stereocenters. The number of amides is 2. The number of hydrogen-bond donors (Lipinski definition) is 1. The number of hydrogen-bond acceptors (Lipinski definition) is 6. The van der Waals surface area contributed by atoms with Gasteiger partial charge in [0.15, 0.2) is 0 Å². The number of aromatic nitrogens is 1. The number of carbonyl (C=O) groups is 3. The molecule has 27 heavy (non-hydrogen) atoms. The molecule has 1 N–H and O–H groups in total. The Kier molecular flexibility index (Phi) is 5.65. The van der Waals surface area contributed by atoms with Crippen molar-refractivity contribution in [1.29, 1.82) is 0 Å². The number of nitrogens with one attached hydrogen (secondary N) is 1. The summed E-state index contributed by atoms with van der Waals surface area (Å²) in [6.45, 7) is 0.459. The zero-order chi connectivity index (χ0) is 19.2. The molecule has 1 aliphatic heterocycles. The van der Waals surface area contributed by atoms with Gasteiger partial charge in [0.2, 0.25) is 5.91 Å². The molecule has 1 aliphatic rings. The van der Waals surface area contributed by atoms with Gasteiger partial charge in [-0.15, -0.1) is 0 Å². The van der Waals surface area contributed by atoms with E-state index in [1.54, 1.807) is 42.6 Å². The maximum absolute atomic E-state index is 12.5. The zero-order valence-corrected chi connectivity index (χ0v) is 14.8. The summed E-state index contributed by atoms with van der Waals surface area (Å²) in [6, 6.07) is 11.3. The molecule has 1 saturated heterocycles. The van der Waals surface area contributed by atoms with Gasteiger partial charge in [0.1, 0.15) is 12.6 Å². The average molecular weight is 369 g/mol. The Balaban J connectivity index is 1.63. The Bertz CT molecular complexity index is 823. The second kappa shape index (κ2) is 8.31. The van der Waals surface area contributed by atoms with Crippen molar-refractivity contribution in [3.05, 3.63) is 65.5 Å². The second-order valence-corrected chi connectivity index (χ2v) is 5.95. The van der Waals surface area contributed by atoms with Gasteiger partial charge in [-0.25, -0.2) is 9.59 Å². The van der Waals surface area contributed by atoms with E-state index in [1.165, 1.54) is 12.0 Å². The van der Waals surface area contributed by atoms with Crippen LogP contribution in [-0.4, -0.2) is 47.6 Å². The standard InChI is InChI=1S/C19H19N3O5/c1-26-18(24)14-7-5-13(6-8-14)11-22-16(12-27-19(22)25)17(23)21-10-15-4-2-3-9-20-15/h2-9,16H,10-12H2,1H3,(H,21,23)/t16-/m0/s1. The molecule has 3 rings (SSSR count). The van der Waals surface area contributed by atoms with Crippen molar-refractivity contribution in [2.24, 2.45) is 0 Å². The molecule has 0 saturated carbocycles. The fourth-order valence-electron chi connectivity index (χ4n) is 2.70. The number of cyclic esters (lactones) is 1. The van der Waals surface area contributed by atoms with Crippen molar-refractivity contribution in [3.8, 4) is 0 Å². The Morgan fingerprint density at radius 2 is 2.04 bits per heavy atom. The molecular formula is C19H19N3O5. The SMILES string of the molecule is COC(=O)c1ccc(CN2C(=O)OC[C@H]2C(=O)NCc2ccccn2)cc1. The normalized spacial score (nSPS) is 16.0. The first-order valence-electron chi connectivity index (χ1n) is 8.37. The van der Waals surface area contributed by atoms with Crippen LogP contribution >= 0.6 is 0 Å². The molecule has 8 nitrogen and oxygen atoms in total. The predicted molar refractivity (Wildman–Crippen MR) is 94.5 cm³/mol. The molecule has 1 aromatic carbocycles. The number of methoxy groups -OCH3 is 1.